The number of rotatable bonds is 7. The first-order valence-corrected chi connectivity index (χ1v) is 9.36. The van der Waals surface area contributed by atoms with Gasteiger partial charge in [-0.1, -0.05) is 13.8 Å². The minimum Gasteiger partial charge on any atom is -0.486 e. The number of hydrogen-bond acceptors (Lipinski definition) is 5. The second kappa shape index (κ2) is 8.06. The number of primary amides is 1. The number of hydrogen-bond donors (Lipinski definition) is 1. The Morgan fingerprint density at radius 2 is 2.07 bits per heavy atom. The van der Waals surface area contributed by atoms with Crippen molar-refractivity contribution in [2.45, 2.75) is 32.8 Å². The van der Waals surface area contributed by atoms with Gasteiger partial charge < -0.3 is 19.8 Å². The Morgan fingerprint density at radius 1 is 1.31 bits per heavy atom. The van der Waals surface area contributed by atoms with Crippen molar-refractivity contribution in [1.82, 2.24) is 14.5 Å². The lowest BCUT2D eigenvalue weighted by Crippen LogP contribution is -2.41. The van der Waals surface area contributed by atoms with Crippen LogP contribution in [0.3, 0.4) is 0 Å². The quantitative estimate of drug-likeness (QED) is 0.646. The Kier molecular flexibility index (Phi) is 5.72. The standard InChI is InChI=1S/C21H25FN4O3/c1-13(2)10-21(3,29-20(23)27)11-28-17-6-5-14(9-16(17)22)18-15-7-8-26(4)19(15)25-12-24-18/h5-9,12-13H,10-11H2,1-4H3,(H2,23,27). The van der Waals surface area contributed by atoms with E-state index in [-0.39, 0.29) is 18.3 Å². The maximum absolute atomic E-state index is 14.7. The highest BCUT2D eigenvalue weighted by atomic mass is 19.1. The Bertz CT molecular complexity index is 1030. The van der Waals surface area contributed by atoms with Gasteiger partial charge in [-0.3, -0.25) is 0 Å². The molecule has 154 valence electrons. The van der Waals surface area contributed by atoms with Crippen molar-refractivity contribution >= 4 is 17.1 Å². The van der Waals surface area contributed by atoms with Gasteiger partial charge in [-0.25, -0.2) is 19.2 Å². The molecule has 3 aromatic rings. The summed E-state index contributed by atoms with van der Waals surface area (Å²) in [7, 11) is 1.89. The molecule has 29 heavy (non-hydrogen) atoms. The number of aromatic nitrogens is 3. The first-order chi connectivity index (χ1) is 13.7. The van der Waals surface area contributed by atoms with E-state index in [4.69, 9.17) is 15.2 Å². The lowest BCUT2D eigenvalue weighted by molar-refractivity contribution is -0.0193. The third-order valence-electron chi connectivity index (χ3n) is 4.59. The summed E-state index contributed by atoms with van der Waals surface area (Å²) in [4.78, 5) is 19.8. The number of carbonyl (C=O) groups excluding carboxylic acids is 1. The van der Waals surface area contributed by atoms with Gasteiger partial charge in [0.2, 0.25) is 0 Å². The number of carbonyl (C=O) groups is 1. The fourth-order valence-electron chi connectivity index (χ4n) is 3.54. The zero-order valence-corrected chi connectivity index (χ0v) is 17.0. The fourth-order valence-corrected chi connectivity index (χ4v) is 3.54. The van der Waals surface area contributed by atoms with Gasteiger partial charge in [-0.05, 0) is 43.5 Å². The number of benzene rings is 1. The minimum absolute atomic E-state index is 0.0131. The summed E-state index contributed by atoms with van der Waals surface area (Å²) in [5.41, 5.74) is 6.26. The van der Waals surface area contributed by atoms with Crippen LogP contribution in [0, 0.1) is 11.7 Å². The zero-order chi connectivity index (χ0) is 21.2. The van der Waals surface area contributed by atoms with Crippen LogP contribution in [0.15, 0.2) is 36.8 Å². The molecule has 1 atom stereocenters. The first kappa shape index (κ1) is 20.6. The van der Waals surface area contributed by atoms with Crippen LogP contribution in [-0.2, 0) is 11.8 Å². The van der Waals surface area contributed by atoms with Gasteiger partial charge in [0.15, 0.2) is 11.6 Å². The third-order valence-corrected chi connectivity index (χ3v) is 4.59. The Morgan fingerprint density at radius 3 is 2.72 bits per heavy atom. The molecule has 0 aliphatic carbocycles. The fraction of sp³-hybridized carbons (Fsp3) is 0.381. The molecule has 0 fully saturated rings. The van der Waals surface area contributed by atoms with E-state index in [0.29, 0.717) is 17.7 Å². The molecule has 0 aliphatic rings. The van der Waals surface area contributed by atoms with Gasteiger partial charge in [0.1, 0.15) is 24.2 Å². The molecule has 1 aromatic carbocycles. The molecule has 8 heteroatoms. The molecule has 2 heterocycles. The number of ether oxygens (including phenoxy) is 2. The second-order valence-electron chi connectivity index (χ2n) is 7.79. The zero-order valence-electron chi connectivity index (χ0n) is 17.0. The number of halogens is 1. The highest BCUT2D eigenvalue weighted by Crippen LogP contribution is 2.30. The number of amides is 1. The van der Waals surface area contributed by atoms with Crippen molar-refractivity contribution in [3.05, 3.63) is 42.6 Å². The molecule has 0 spiro atoms. The molecular formula is C21H25FN4O3. The molecule has 2 aromatic heterocycles. The lowest BCUT2D eigenvalue weighted by Gasteiger charge is -2.30. The second-order valence-corrected chi connectivity index (χ2v) is 7.79. The van der Waals surface area contributed by atoms with Gasteiger partial charge in [0, 0.05) is 24.2 Å². The summed E-state index contributed by atoms with van der Waals surface area (Å²) in [6.07, 6.45) is 2.98. The van der Waals surface area contributed by atoms with Crippen molar-refractivity contribution in [2.24, 2.45) is 18.7 Å². The molecule has 7 nitrogen and oxygen atoms in total. The molecule has 0 bridgehead atoms. The molecule has 2 N–H and O–H groups in total. The predicted octanol–water partition coefficient (Wildman–Crippen LogP) is 4.05. The maximum Gasteiger partial charge on any atom is 0.405 e. The molecule has 0 saturated carbocycles. The number of nitrogens with zero attached hydrogens (tertiary/aromatic N) is 3. The van der Waals surface area contributed by atoms with E-state index < -0.39 is 17.5 Å². The molecule has 1 amide bonds. The van der Waals surface area contributed by atoms with Crippen molar-refractivity contribution in [1.29, 1.82) is 0 Å². The largest absolute Gasteiger partial charge is 0.486 e. The average molecular weight is 400 g/mol. The molecule has 0 radical (unpaired) electrons. The normalized spacial score (nSPS) is 13.4. The Labute approximate surface area is 168 Å². The summed E-state index contributed by atoms with van der Waals surface area (Å²) < 4.78 is 27.5. The summed E-state index contributed by atoms with van der Waals surface area (Å²) in [5.74, 6) is -0.229. The monoisotopic (exact) mass is 400 g/mol. The summed E-state index contributed by atoms with van der Waals surface area (Å²) in [6.45, 7) is 5.69. The minimum atomic E-state index is -0.950. The van der Waals surface area contributed by atoms with E-state index >= 15 is 0 Å². The summed E-state index contributed by atoms with van der Waals surface area (Å²) >= 11 is 0. The molecular weight excluding hydrogens is 375 g/mol. The van der Waals surface area contributed by atoms with Crippen molar-refractivity contribution in [3.8, 4) is 17.0 Å². The van der Waals surface area contributed by atoms with Crippen LogP contribution in [0.4, 0.5) is 9.18 Å². The molecule has 0 saturated heterocycles. The first-order valence-electron chi connectivity index (χ1n) is 9.36. The van der Waals surface area contributed by atoms with Crippen LogP contribution in [0.5, 0.6) is 5.75 Å². The topological polar surface area (TPSA) is 92.3 Å². The van der Waals surface area contributed by atoms with Gasteiger partial charge in [-0.15, -0.1) is 0 Å². The van der Waals surface area contributed by atoms with Crippen LogP contribution in [-0.4, -0.2) is 32.8 Å². The Balaban J connectivity index is 1.83. The van der Waals surface area contributed by atoms with E-state index in [1.807, 2.05) is 37.7 Å². The van der Waals surface area contributed by atoms with Crippen molar-refractivity contribution < 1.29 is 18.7 Å². The van der Waals surface area contributed by atoms with E-state index in [1.54, 1.807) is 19.1 Å². The average Bonchev–Trinajstić information content (AvgIpc) is 3.00. The van der Waals surface area contributed by atoms with Crippen molar-refractivity contribution in [3.63, 3.8) is 0 Å². The highest BCUT2D eigenvalue weighted by Gasteiger charge is 2.31. The maximum atomic E-state index is 14.7. The van der Waals surface area contributed by atoms with Crippen molar-refractivity contribution in [2.75, 3.05) is 6.61 Å². The highest BCUT2D eigenvalue weighted by molar-refractivity contribution is 5.90. The predicted molar refractivity (Wildman–Crippen MR) is 108 cm³/mol. The van der Waals surface area contributed by atoms with E-state index in [0.717, 1.165) is 11.0 Å². The van der Waals surface area contributed by atoms with Gasteiger partial charge in [0.25, 0.3) is 0 Å². The van der Waals surface area contributed by atoms with E-state index in [9.17, 15) is 9.18 Å². The lowest BCUT2D eigenvalue weighted by atomic mass is 9.95. The van der Waals surface area contributed by atoms with Crippen LogP contribution >= 0.6 is 0 Å². The van der Waals surface area contributed by atoms with Gasteiger partial charge in [-0.2, -0.15) is 0 Å². The Hall–Kier alpha value is -3.16. The summed E-state index contributed by atoms with van der Waals surface area (Å²) in [6, 6.07) is 6.55. The number of aryl methyl sites for hydroxylation is 1. The van der Waals surface area contributed by atoms with Crippen LogP contribution in [0.25, 0.3) is 22.3 Å². The van der Waals surface area contributed by atoms with Crippen LogP contribution in [0.1, 0.15) is 27.2 Å². The molecule has 0 aliphatic heterocycles. The third kappa shape index (κ3) is 4.64. The SMILES string of the molecule is CC(C)CC(C)(COc1ccc(-c2ncnc3c2ccn3C)cc1F)OC(N)=O. The van der Waals surface area contributed by atoms with E-state index in [1.165, 1.54) is 12.4 Å². The van der Waals surface area contributed by atoms with Gasteiger partial charge in [0.05, 0.1) is 5.69 Å². The number of fused-ring (bicyclic) bond motifs is 1. The van der Waals surface area contributed by atoms with Crippen LogP contribution in [0.2, 0.25) is 0 Å². The molecule has 3 rings (SSSR count). The van der Waals surface area contributed by atoms with Crippen LogP contribution < -0.4 is 10.5 Å². The smallest absolute Gasteiger partial charge is 0.405 e. The van der Waals surface area contributed by atoms with E-state index in [2.05, 4.69) is 9.97 Å². The molecule has 1 unspecified atom stereocenters. The number of nitrogens with two attached hydrogens (primary N) is 1. The summed E-state index contributed by atoms with van der Waals surface area (Å²) in [5, 5.41) is 0.836. The van der Waals surface area contributed by atoms with Gasteiger partial charge >= 0.3 is 6.09 Å².